The van der Waals surface area contributed by atoms with Crippen molar-refractivity contribution in [3.63, 3.8) is 0 Å². The highest BCUT2D eigenvalue weighted by Crippen LogP contribution is 2.10. The van der Waals surface area contributed by atoms with Crippen LogP contribution in [0.3, 0.4) is 0 Å². The van der Waals surface area contributed by atoms with Gasteiger partial charge in [0.25, 0.3) is 0 Å². The molecular formula is C7H12N2. The van der Waals surface area contributed by atoms with Crippen LogP contribution in [0.4, 0.5) is 0 Å². The molecule has 0 radical (unpaired) electrons. The molecule has 2 nitrogen and oxygen atoms in total. The van der Waals surface area contributed by atoms with Gasteiger partial charge in [-0.3, -0.25) is 4.99 Å². The maximum absolute atomic E-state index is 5.77. The van der Waals surface area contributed by atoms with Gasteiger partial charge in [-0.1, -0.05) is 6.08 Å². The van der Waals surface area contributed by atoms with Gasteiger partial charge in [0.1, 0.15) is 0 Å². The van der Waals surface area contributed by atoms with Crippen molar-refractivity contribution in [1.82, 2.24) is 0 Å². The minimum Gasteiger partial charge on any atom is -0.321 e. The SMILES string of the molecule is CC(C)(N)C1=NC=CC1. The molecule has 9 heavy (non-hydrogen) atoms. The average Bonchev–Trinajstić information content (AvgIpc) is 2.08. The normalized spacial score (nSPS) is 18.3. The van der Waals surface area contributed by atoms with Gasteiger partial charge in [-0.15, -0.1) is 0 Å². The fraction of sp³-hybridized carbons (Fsp3) is 0.571. The van der Waals surface area contributed by atoms with Crippen molar-refractivity contribution in [2.45, 2.75) is 25.8 Å². The largest absolute Gasteiger partial charge is 0.321 e. The summed E-state index contributed by atoms with van der Waals surface area (Å²) < 4.78 is 0. The van der Waals surface area contributed by atoms with Gasteiger partial charge in [0, 0.05) is 23.9 Å². The molecule has 0 atom stereocenters. The van der Waals surface area contributed by atoms with Crippen molar-refractivity contribution in [1.29, 1.82) is 0 Å². The first-order valence-electron chi connectivity index (χ1n) is 3.12. The minimum atomic E-state index is -0.233. The molecular weight excluding hydrogens is 112 g/mol. The summed E-state index contributed by atoms with van der Waals surface area (Å²) in [5.74, 6) is 0. The molecule has 0 fully saturated rings. The first-order valence-corrected chi connectivity index (χ1v) is 3.12. The van der Waals surface area contributed by atoms with Crippen molar-refractivity contribution in [2.75, 3.05) is 0 Å². The van der Waals surface area contributed by atoms with E-state index in [2.05, 4.69) is 4.99 Å². The standard InChI is InChI=1S/C7H12N2/c1-7(2,8)6-4-3-5-9-6/h3,5H,4,8H2,1-2H3. The lowest BCUT2D eigenvalue weighted by Gasteiger charge is -2.17. The third-order valence-electron chi connectivity index (χ3n) is 1.39. The van der Waals surface area contributed by atoms with Crippen molar-refractivity contribution < 1.29 is 0 Å². The van der Waals surface area contributed by atoms with Gasteiger partial charge in [-0.05, 0) is 13.8 Å². The molecule has 2 N–H and O–H groups in total. The molecule has 0 aromatic heterocycles. The molecule has 0 aliphatic carbocycles. The number of nitrogens with two attached hydrogens (primary N) is 1. The van der Waals surface area contributed by atoms with Gasteiger partial charge in [-0.25, -0.2) is 0 Å². The molecule has 2 heteroatoms. The zero-order valence-corrected chi connectivity index (χ0v) is 5.89. The van der Waals surface area contributed by atoms with Gasteiger partial charge in [0.05, 0.1) is 0 Å². The van der Waals surface area contributed by atoms with E-state index in [1.165, 1.54) is 0 Å². The fourth-order valence-electron chi connectivity index (χ4n) is 0.789. The van der Waals surface area contributed by atoms with E-state index in [0.29, 0.717) is 0 Å². The van der Waals surface area contributed by atoms with E-state index in [9.17, 15) is 0 Å². The van der Waals surface area contributed by atoms with Gasteiger partial charge in [-0.2, -0.15) is 0 Å². The molecule has 0 unspecified atom stereocenters. The highest BCUT2D eigenvalue weighted by atomic mass is 14.8. The first-order chi connectivity index (χ1) is 4.11. The van der Waals surface area contributed by atoms with Crippen LogP contribution in [0.5, 0.6) is 0 Å². The quantitative estimate of drug-likeness (QED) is 0.558. The molecule has 0 bridgehead atoms. The highest BCUT2D eigenvalue weighted by molar-refractivity contribution is 5.95. The molecule has 1 aliphatic heterocycles. The number of hydrogen-bond donors (Lipinski definition) is 1. The molecule has 0 aromatic rings. The maximum atomic E-state index is 5.77. The molecule has 1 rings (SSSR count). The van der Waals surface area contributed by atoms with Crippen LogP contribution in [-0.2, 0) is 0 Å². The van der Waals surface area contributed by atoms with Crippen LogP contribution in [0.15, 0.2) is 17.3 Å². The summed E-state index contributed by atoms with van der Waals surface area (Å²) >= 11 is 0. The van der Waals surface area contributed by atoms with E-state index < -0.39 is 0 Å². The number of allylic oxidation sites excluding steroid dienone is 1. The predicted molar refractivity (Wildman–Crippen MR) is 39.5 cm³/mol. The molecule has 1 heterocycles. The van der Waals surface area contributed by atoms with Gasteiger partial charge >= 0.3 is 0 Å². The van der Waals surface area contributed by atoms with Crippen molar-refractivity contribution in [2.24, 2.45) is 10.7 Å². The van der Waals surface area contributed by atoms with Gasteiger partial charge < -0.3 is 5.73 Å². The van der Waals surface area contributed by atoms with Crippen molar-refractivity contribution >= 4 is 5.71 Å². The maximum Gasteiger partial charge on any atom is 0.0490 e. The number of rotatable bonds is 1. The van der Waals surface area contributed by atoms with E-state index in [-0.39, 0.29) is 5.54 Å². The predicted octanol–water partition coefficient (Wildman–Crippen LogP) is 1.08. The van der Waals surface area contributed by atoms with E-state index >= 15 is 0 Å². The second-order valence-electron chi connectivity index (χ2n) is 2.89. The lowest BCUT2D eigenvalue weighted by Crippen LogP contribution is -2.40. The third-order valence-corrected chi connectivity index (χ3v) is 1.39. The summed E-state index contributed by atoms with van der Waals surface area (Å²) in [5, 5.41) is 0. The van der Waals surface area contributed by atoms with Gasteiger partial charge in [0.15, 0.2) is 0 Å². The number of hydrogen-bond acceptors (Lipinski definition) is 2. The summed E-state index contributed by atoms with van der Waals surface area (Å²) in [6.45, 7) is 3.94. The highest BCUT2D eigenvalue weighted by Gasteiger charge is 2.18. The average molecular weight is 124 g/mol. The summed E-state index contributed by atoms with van der Waals surface area (Å²) in [6.07, 6.45) is 4.75. The molecule has 0 spiro atoms. The van der Waals surface area contributed by atoms with Crippen LogP contribution >= 0.6 is 0 Å². The van der Waals surface area contributed by atoms with E-state index in [4.69, 9.17) is 5.73 Å². The summed E-state index contributed by atoms with van der Waals surface area (Å²) in [6, 6.07) is 0. The molecule has 1 aliphatic rings. The van der Waals surface area contributed by atoms with Crippen LogP contribution in [0.25, 0.3) is 0 Å². The summed E-state index contributed by atoms with van der Waals surface area (Å²) in [5.41, 5.74) is 6.61. The zero-order valence-electron chi connectivity index (χ0n) is 5.89. The Bertz CT molecular complexity index is 160. The Morgan fingerprint density at radius 3 is 2.56 bits per heavy atom. The van der Waals surface area contributed by atoms with E-state index in [1.54, 1.807) is 0 Å². The molecule has 0 aromatic carbocycles. The van der Waals surface area contributed by atoms with E-state index in [1.807, 2.05) is 26.1 Å². The third kappa shape index (κ3) is 1.39. The smallest absolute Gasteiger partial charge is 0.0490 e. The zero-order chi connectivity index (χ0) is 6.91. The molecule has 0 saturated heterocycles. The summed E-state index contributed by atoms with van der Waals surface area (Å²) in [4.78, 5) is 4.12. The lowest BCUT2D eigenvalue weighted by atomic mass is 9.98. The van der Waals surface area contributed by atoms with Crippen LogP contribution in [0.2, 0.25) is 0 Å². The number of aliphatic imine (C=N–C) groups is 1. The van der Waals surface area contributed by atoms with Crippen LogP contribution in [0, 0.1) is 0 Å². The van der Waals surface area contributed by atoms with Crippen LogP contribution < -0.4 is 5.73 Å². The molecule has 50 valence electrons. The fourth-order valence-corrected chi connectivity index (χ4v) is 0.789. The second-order valence-corrected chi connectivity index (χ2v) is 2.89. The molecule has 0 amide bonds. The molecule has 0 saturated carbocycles. The second kappa shape index (κ2) is 1.95. The van der Waals surface area contributed by atoms with Gasteiger partial charge in [0.2, 0.25) is 0 Å². The minimum absolute atomic E-state index is 0.233. The Morgan fingerprint density at radius 1 is 1.67 bits per heavy atom. The van der Waals surface area contributed by atoms with Crippen LogP contribution in [-0.4, -0.2) is 11.3 Å². The monoisotopic (exact) mass is 124 g/mol. The Morgan fingerprint density at radius 2 is 2.33 bits per heavy atom. The summed E-state index contributed by atoms with van der Waals surface area (Å²) in [7, 11) is 0. The van der Waals surface area contributed by atoms with Crippen molar-refractivity contribution in [3.8, 4) is 0 Å². The van der Waals surface area contributed by atoms with Crippen molar-refractivity contribution in [3.05, 3.63) is 12.3 Å². The first kappa shape index (κ1) is 6.49. The van der Waals surface area contributed by atoms with E-state index in [0.717, 1.165) is 12.1 Å². The Kier molecular flexibility index (Phi) is 1.41. The number of nitrogens with zero attached hydrogens (tertiary/aromatic N) is 1. The Hall–Kier alpha value is -0.630. The van der Waals surface area contributed by atoms with Crippen LogP contribution in [0.1, 0.15) is 20.3 Å². The lowest BCUT2D eigenvalue weighted by molar-refractivity contribution is 0.691. The Labute approximate surface area is 55.5 Å². The Balaban J connectivity index is 2.66. The topological polar surface area (TPSA) is 38.4 Å².